The van der Waals surface area contributed by atoms with Crippen LogP contribution >= 0.6 is 11.9 Å². The van der Waals surface area contributed by atoms with Gasteiger partial charge in [0.25, 0.3) is 0 Å². The Morgan fingerprint density at radius 2 is 2.58 bits per heavy atom. The molecule has 0 aliphatic carbocycles. The second-order valence-electron chi connectivity index (χ2n) is 2.39. The number of hydrogen-bond donors (Lipinski definition) is 2. The lowest BCUT2D eigenvalue weighted by atomic mass is 10.5. The van der Waals surface area contributed by atoms with Crippen molar-refractivity contribution in [2.24, 2.45) is 0 Å². The Bertz CT molecular complexity index is 161. The van der Waals surface area contributed by atoms with E-state index in [0.29, 0.717) is 13.2 Å². The van der Waals surface area contributed by atoms with Crippen LogP contribution in [-0.4, -0.2) is 47.7 Å². The van der Waals surface area contributed by atoms with E-state index < -0.39 is 6.09 Å². The molecule has 0 aromatic carbocycles. The minimum absolute atomic E-state index is 0.0835. The van der Waals surface area contributed by atoms with Crippen molar-refractivity contribution in [3.8, 4) is 0 Å². The summed E-state index contributed by atoms with van der Waals surface area (Å²) in [6.45, 7) is 2.18. The van der Waals surface area contributed by atoms with Crippen LogP contribution in [0.4, 0.5) is 4.79 Å². The summed E-state index contributed by atoms with van der Waals surface area (Å²) in [6, 6.07) is 0. The Morgan fingerprint density at radius 3 is 3.08 bits per heavy atom. The van der Waals surface area contributed by atoms with Crippen LogP contribution in [0, 0.1) is 0 Å². The van der Waals surface area contributed by atoms with E-state index in [-0.39, 0.29) is 5.44 Å². The van der Waals surface area contributed by atoms with Crippen LogP contribution < -0.4 is 5.32 Å². The number of ether oxygens (including phenoxy) is 1. The van der Waals surface area contributed by atoms with Crippen LogP contribution in [0.25, 0.3) is 0 Å². The molecule has 1 aliphatic rings. The zero-order valence-corrected chi connectivity index (χ0v) is 7.63. The first-order valence-corrected chi connectivity index (χ1v) is 4.49. The molecule has 1 atom stereocenters. The molecule has 12 heavy (non-hydrogen) atoms. The monoisotopic (exact) mass is 192 g/mol. The zero-order chi connectivity index (χ0) is 8.97. The average molecular weight is 192 g/mol. The van der Waals surface area contributed by atoms with Gasteiger partial charge in [-0.05, 0) is 11.9 Å². The summed E-state index contributed by atoms with van der Waals surface area (Å²) >= 11 is 1.18. The second kappa shape index (κ2) is 4.54. The number of morpholine rings is 1. The number of amides is 1. The minimum Gasteiger partial charge on any atom is -0.464 e. The molecule has 0 bridgehead atoms. The molecule has 70 valence electrons. The van der Waals surface area contributed by atoms with Gasteiger partial charge in [0.1, 0.15) is 5.44 Å². The topological polar surface area (TPSA) is 61.8 Å². The van der Waals surface area contributed by atoms with Gasteiger partial charge in [0, 0.05) is 20.1 Å². The van der Waals surface area contributed by atoms with Gasteiger partial charge in [-0.25, -0.2) is 4.79 Å². The lowest BCUT2D eigenvalue weighted by molar-refractivity contribution is 0.0829. The van der Waals surface area contributed by atoms with Gasteiger partial charge < -0.3 is 15.2 Å². The average Bonchev–Trinajstić information content (AvgIpc) is 2.06. The molecule has 1 fully saturated rings. The Kier molecular flexibility index (Phi) is 3.64. The summed E-state index contributed by atoms with van der Waals surface area (Å²) in [5.74, 6) is 0. The molecule has 6 heteroatoms. The van der Waals surface area contributed by atoms with Gasteiger partial charge in [0.2, 0.25) is 0 Å². The Hall–Kier alpha value is -0.460. The predicted octanol–water partition coefficient (Wildman–Crippen LogP) is 0.190. The molecule has 0 aromatic rings. The van der Waals surface area contributed by atoms with Crippen molar-refractivity contribution in [2.75, 3.05) is 26.7 Å². The first-order valence-electron chi connectivity index (χ1n) is 3.66. The molecule has 0 aromatic heterocycles. The number of carbonyl (C=O) groups is 1. The molecule has 1 aliphatic heterocycles. The normalized spacial score (nSPS) is 23.6. The summed E-state index contributed by atoms with van der Waals surface area (Å²) in [5, 5.41) is 11.7. The molecular weight excluding hydrogens is 180 g/mol. The number of nitrogens with zero attached hydrogens (tertiary/aromatic N) is 1. The molecular formula is C6H12N2O3S. The maximum atomic E-state index is 10.4. The molecule has 1 heterocycles. The quantitative estimate of drug-likeness (QED) is 0.612. The highest BCUT2D eigenvalue weighted by atomic mass is 32.2. The van der Waals surface area contributed by atoms with Crippen LogP contribution in [-0.2, 0) is 4.74 Å². The smallest absolute Gasteiger partial charge is 0.417 e. The summed E-state index contributed by atoms with van der Waals surface area (Å²) in [5.41, 5.74) is -0.0835. The Morgan fingerprint density at radius 1 is 1.83 bits per heavy atom. The van der Waals surface area contributed by atoms with E-state index in [9.17, 15) is 4.79 Å². The van der Waals surface area contributed by atoms with Crippen molar-refractivity contribution >= 4 is 18.0 Å². The third-order valence-corrected chi connectivity index (χ3v) is 2.45. The predicted molar refractivity (Wildman–Crippen MR) is 46.0 cm³/mol. The van der Waals surface area contributed by atoms with Crippen LogP contribution in [0.5, 0.6) is 0 Å². The highest BCUT2D eigenvalue weighted by Gasteiger charge is 2.18. The highest BCUT2D eigenvalue weighted by Crippen LogP contribution is 2.17. The number of rotatable bonds is 2. The van der Waals surface area contributed by atoms with Gasteiger partial charge >= 0.3 is 6.09 Å². The summed E-state index contributed by atoms with van der Waals surface area (Å²) < 4.78 is 6.44. The fourth-order valence-electron chi connectivity index (χ4n) is 0.831. The van der Waals surface area contributed by atoms with Crippen molar-refractivity contribution in [1.82, 2.24) is 9.62 Å². The van der Waals surface area contributed by atoms with Crippen LogP contribution in [0.15, 0.2) is 0 Å². The summed E-state index contributed by atoms with van der Waals surface area (Å²) in [6.07, 6.45) is -0.950. The van der Waals surface area contributed by atoms with Gasteiger partial charge in [-0.2, -0.15) is 0 Å². The molecule has 0 spiro atoms. The van der Waals surface area contributed by atoms with E-state index in [1.165, 1.54) is 19.0 Å². The summed E-state index contributed by atoms with van der Waals surface area (Å²) in [4.78, 5) is 10.4. The van der Waals surface area contributed by atoms with Gasteiger partial charge in [-0.15, -0.1) is 0 Å². The largest absolute Gasteiger partial charge is 0.464 e. The molecule has 0 saturated carbocycles. The third kappa shape index (κ3) is 2.88. The number of nitrogens with one attached hydrogen (secondary N) is 1. The van der Waals surface area contributed by atoms with E-state index in [1.54, 1.807) is 0 Å². The van der Waals surface area contributed by atoms with E-state index in [4.69, 9.17) is 9.84 Å². The first-order chi connectivity index (χ1) is 5.70. The van der Waals surface area contributed by atoms with E-state index in [2.05, 4.69) is 5.32 Å². The van der Waals surface area contributed by atoms with E-state index in [0.717, 1.165) is 10.8 Å². The van der Waals surface area contributed by atoms with Crippen molar-refractivity contribution in [1.29, 1.82) is 0 Å². The molecule has 1 saturated heterocycles. The molecule has 1 unspecified atom stereocenters. The lowest BCUT2D eigenvalue weighted by Gasteiger charge is -2.25. The SMILES string of the molecule is CN(SC1CNCCO1)C(=O)O. The zero-order valence-electron chi connectivity index (χ0n) is 6.82. The number of carboxylic acid groups (broad SMARTS) is 1. The van der Waals surface area contributed by atoms with E-state index in [1.807, 2.05) is 0 Å². The van der Waals surface area contributed by atoms with Crippen molar-refractivity contribution in [3.63, 3.8) is 0 Å². The first kappa shape index (κ1) is 9.63. The molecule has 2 N–H and O–H groups in total. The maximum Gasteiger partial charge on any atom is 0.417 e. The number of hydrogen-bond acceptors (Lipinski definition) is 4. The molecule has 1 amide bonds. The van der Waals surface area contributed by atoms with Crippen molar-refractivity contribution < 1.29 is 14.6 Å². The lowest BCUT2D eigenvalue weighted by Crippen LogP contribution is -2.38. The highest BCUT2D eigenvalue weighted by molar-refractivity contribution is 7.97. The maximum absolute atomic E-state index is 10.4. The fourth-order valence-corrected chi connectivity index (χ4v) is 1.62. The van der Waals surface area contributed by atoms with E-state index >= 15 is 0 Å². The second-order valence-corrected chi connectivity index (χ2v) is 3.67. The van der Waals surface area contributed by atoms with Crippen LogP contribution in [0.3, 0.4) is 0 Å². The summed E-state index contributed by atoms with van der Waals surface area (Å²) in [7, 11) is 1.50. The van der Waals surface area contributed by atoms with Crippen LogP contribution in [0.1, 0.15) is 0 Å². The van der Waals surface area contributed by atoms with Crippen molar-refractivity contribution in [3.05, 3.63) is 0 Å². The van der Waals surface area contributed by atoms with Gasteiger partial charge in [-0.1, -0.05) is 0 Å². The fraction of sp³-hybridized carbons (Fsp3) is 0.833. The van der Waals surface area contributed by atoms with Gasteiger partial charge in [-0.3, -0.25) is 4.31 Å². The Labute approximate surface area is 75.2 Å². The van der Waals surface area contributed by atoms with Gasteiger partial charge in [0.05, 0.1) is 6.61 Å². The molecule has 5 nitrogen and oxygen atoms in total. The van der Waals surface area contributed by atoms with Crippen molar-refractivity contribution in [2.45, 2.75) is 5.44 Å². The molecule has 0 radical (unpaired) electrons. The minimum atomic E-state index is -0.950. The standard InChI is InChI=1S/C6H12N2O3S/c1-8(6(9)10)12-5-4-7-2-3-11-5/h5,7H,2-4H2,1H3,(H,9,10). The van der Waals surface area contributed by atoms with Gasteiger partial charge in [0.15, 0.2) is 0 Å². The Balaban J connectivity index is 2.24. The van der Waals surface area contributed by atoms with Crippen LogP contribution in [0.2, 0.25) is 0 Å². The third-order valence-electron chi connectivity index (χ3n) is 1.44. The molecule has 1 rings (SSSR count).